The molecule has 8 aromatic rings. The van der Waals surface area contributed by atoms with E-state index >= 15 is 0 Å². The molecule has 2 radical (unpaired) electrons. The van der Waals surface area contributed by atoms with Crippen molar-refractivity contribution in [3.63, 3.8) is 0 Å². The van der Waals surface area contributed by atoms with Gasteiger partial charge in [0.25, 0.3) is 0 Å². The first-order valence-electron chi connectivity index (χ1n) is 23.2. The topological polar surface area (TPSA) is 0 Å². The van der Waals surface area contributed by atoms with E-state index in [0.717, 1.165) is 22.4 Å². The maximum atomic E-state index is 4.93. The van der Waals surface area contributed by atoms with Gasteiger partial charge in [-0.15, -0.1) is 74.6 Å². The van der Waals surface area contributed by atoms with Gasteiger partial charge < -0.3 is 0 Å². The van der Waals surface area contributed by atoms with Gasteiger partial charge in [-0.05, 0) is 69.9 Å². The number of rotatable bonds is 8. The second-order valence-corrected chi connectivity index (χ2v) is 23.6. The van der Waals surface area contributed by atoms with Gasteiger partial charge in [0.15, 0.2) is 0 Å². The SMILES string of the molecule is CCc1ccc2[cH-]c(C)cc2c1-c1cc(C(C)C)cc(C(C)C)c1.CCc1ccc2[cH-]c(C)cc2c1-c1cc(C(C)C)cc(C(C)C)c1.[Cl][Zr][Cl].[c-]1cccc2c1[Si]c1ccccc1-2. The van der Waals surface area contributed by atoms with Crippen molar-refractivity contribution in [2.75, 3.05) is 0 Å². The number of benzene rings is 6. The van der Waals surface area contributed by atoms with E-state index in [0.29, 0.717) is 23.7 Å². The summed E-state index contributed by atoms with van der Waals surface area (Å²) in [5.41, 5.74) is 19.8. The Morgan fingerprint density at radius 3 is 1.34 bits per heavy atom. The van der Waals surface area contributed by atoms with E-state index in [-0.39, 0.29) is 0 Å². The molecule has 1 aliphatic heterocycles. The van der Waals surface area contributed by atoms with E-state index in [1.54, 1.807) is 0 Å². The maximum absolute atomic E-state index is 4.93. The Bertz CT molecular complexity index is 2570. The summed E-state index contributed by atoms with van der Waals surface area (Å²) < 4.78 is 0. The Morgan fingerprint density at radius 2 is 0.938 bits per heavy atom. The van der Waals surface area contributed by atoms with Crippen LogP contribution < -0.4 is 10.4 Å². The molecule has 0 atom stereocenters. The van der Waals surface area contributed by atoms with Crippen molar-refractivity contribution >= 4 is 58.5 Å². The largest absolute Gasteiger partial charge is 0.184 e. The fourth-order valence-electron chi connectivity index (χ4n) is 8.93. The first-order valence-corrected chi connectivity index (χ1v) is 30.5. The van der Waals surface area contributed by atoms with Gasteiger partial charge in [0, 0.05) is 0 Å². The molecule has 0 saturated carbocycles. The molecular weight excluding hydrogens is 911 g/mol. The quantitative estimate of drug-likeness (QED) is 0.105. The average molecular weight is 976 g/mol. The standard InChI is InChI=1S/2C24H29.C12H7Si.2ClH.Zr/c2*1-7-18-8-9-19-10-17(6)11-23(19)24(18)22-13-20(15(2)3)12-21(14-22)16(4)5;1-3-7-11-9(5-1)10-6-2-4-8-12(10)13-11;;;/h2*8-16H,7H2,1-6H3;1-7H;2*1H;/q3*-1;;;+2/p-2. The smallest absolute Gasteiger partial charge is 0.0920 e. The van der Waals surface area contributed by atoms with E-state index in [1.807, 2.05) is 6.07 Å². The Hall–Kier alpha value is -3.78. The van der Waals surface area contributed by atoms with Crippen molar-refractivity contribution < 1.29 is 20.8 Å². The molecule has 9 rings (SSSR count). The van der Waals surface area contributed by atoms with Crippen molar-refractivity contribution in [1.29, 1.82) is 0 Å². The van der Waals surface area contributed by atoms with Gasteiger partial charge >= 0.3 is 37.9 Å². The third-order valence-corrected chi connectivity index (χ3v) is 13.9. The van der Waals surface area contributed by atoms with Crippen LogP contribution >= 0.6 is 17.0 Å². The molecule has 0 nitrogen and oxygen atoms in total. The molecule has 1 heterocycles. The number of hydrogen-bond acceptors (Lipinski definition) is 0. The van der Waals surface area contributed by atoms with E-state index in [9.17, 15) is 0 Å². The molecule has 4 heteroatoms. The molecule has 64 heavy (non-hydrogen) atoms. The van der Waals surface area contributed by atoms with E-state index < -0.39 is 20.8 Å². The summed E-state index contributed by atoms with van der Waals surface area (Å²) in [6.07, 6.45) is 2.14. The number of halogens is 2. The van der Waals surface area contributed by atoms with Crippen molar-refractivity contribution in [2.45, 2.75) is 120 Å². The summed E-state index contributed by atoms with van der Waals surface area (Å²) in [6, 6.07) is 51.1. The monoisotopic (exact) mass is 973 g/mol. The zero-order valence-electron chi connectivity index (χ0n) is 40.1. The zero-order chi connectivity index (χ0) is 46.2. The molecule has 0 aromatic heterocycles. The summed E-state index contributed by atoms with van der Waals surface area (Å²) in [6.45, 7) is 27.2. The van der Waals surface area contributed by atoms with Crippen LogP contribution in [0.3, 0.4) is 0 Å². The van der Waals surface area contributed by atoms with E-state index in [4.69, 9.17) is 17.0 Å². The van der Waals surface area contributed by atoms with Crippen LogP contribution in [0.25, 0.3) is 54.9 Å². The van der Waals surface area contributed by atoms with Gasteiger partial charge in [-0.3, -0.25) is 0 Å². The van der Waals surface area contributed by atoms with Crippen LogP contribution in [0.1, 0.15) is 137 Å². The number of aryl methyl sites for hydroxylation is 4. The molecule has 0 N–H and O–H groups in total. The van der Waals surface area contributed by atoms with Gasteiger partial charge in [-0.1, -0.05) is 177 Å². The molecule has 0 bridgehead atoms. The fraction of sp³-hybridized carbons (Fsp3) is 0.300. The van der Waals surface area contributed by atoms with Gasteiger partial charge in [-0.2, -0.15) is 41.6 Å². The second kappa shape index (κ2) is 22.6. The Kier molecular flexibility index (Phi) is 17.5. The summed E-state index contributed by atoms with van der Waals surface area (Å²) in [5, 5.41) is 8.36. The minimum atomic E-state index is -0.826. The molecule has 0 aliphatic carbocycles. The normalized spacial score (nSPS) is 11.6. The summed E-state index contributed by atoms with van der Waals surface area (Å²) >= 11 is -0.826. The van der Waals surface area contributed by atoms with Crippen LogP contribution in [-0.4, -0.2) is 9.52 Å². The molecule has 8 aromatic carbocycles. The van der Waals surface area contributed by atoms with Gasteiger partial charge in [-0.25, -0.2) is 0 Å². The predicted octanol–water partition coefficient (Wildman–Crippen LogP) is 17.2. The first kappa shape index (κ1) is 49.6. The Balaban J connectivity index is 0.000000160. The third-order valence-electron chi connectivity index (χ3n) is 12.5. The summed E-state index contributed by atoms with van der Waals surface area (Å²) in [7, 11) is 10.7. The number of fused-ring (bicyclic) bond motifs is 5. The van der Waals surface area contributed by atoms with Crippen LogP contribution in [0.4, 0.5) is 0 Å². The molecule has 0 spiro atoms. The minimum Gasteiger partial charge on any atom is -0.184 e. The van der Waals surface area contributed by atoms with Gasteiger partial charge in [0.05, 0.1) is 9.52 Å². The summed E-state index contributed by atoms with van der Waals surface area (Å²) in [5.74, 6) is 2.20. The zero-order valence-corrected chi connectivity index (χ0v) is 45.1. The van der Waals surface area contributed by atoms with Gasteiger partial charge in [0.1, 0.15) is 0 Å². The third kappa shape index (κ3) is 11.6. The molecule has 1 aliphatic rings. The average Bonchev–Trinajstić information content (AvgIpc) is 3.98. The predicted molar refractivity (Wildman–Crippen MR) is 282 cm³/mol. The number of hydrogen-bond donors (Lipinski definition) is 0. The van der Waals surface area contributed by atoms with E-state index in [2.05, 4.69) is 210 Å². The molecular formula is C60H65Cl2SiZr-3. The first-order chi connectivity index (χ1) is 30.7. The second-order valence-electron chi connectivity index (χ2n) is 18.6. The van der Waals surface area contributed by atoms with E-state index in [1.165, 1.54) is 110 Å². The maximum Gasteiger partial charge on any atom is 0.0920 e. The Morgan fingerprint density at radius 1 is 0.531 bits per heavy atom. The molecule has 330 valence electrons. The molecule has 0 saturated heterocycles. The minimum absolute atomic E-state index is 0.549. The molecule has 0 fully saturated rings. The summed E-state index contributed by atoms with van der Waals surface area (Å²) in [4.78, 5) is 0. The van der Waals surface area contributed by atoms with Crippen LogP contribution in [0.5, 0.6) is 0 Å². The van der Waals surface area contributed by atoms with Crippen LogP contribution in [0.2, 0.25) is 0 Å². The van der Waals surface area contributed by atoms with Crippen molar-refractivity contribution in [3.05, 3.63) is 178 Å². The molecule has 0 amide bonds. The van der Waals surface area contributed by atoms with Crippen molar-refractivity contribution in [3.8, 4) is 33.4 Å². The van der Waals surface area contributed by atoms with Crippen LogP contribution in [0.15, 0.2) is 127 Å². The molecule has 0 unspecified atom stereocenters. The van der Waals surface area contributed by atoms with Gasteiger partial charge in [0.2, 0.25) is 0 Å². The van der Waals surface area contributed by atoms with Crippen molar-refractivity contribution in [2.24, 2.45) is 0 Å². The fourth-order valence-corrected chi connectivity index (χ4v) is 10.2. The van der Waals surface area contributed by atoms with Crippen molar-refractivity contribution in [1.82, 2.24) is 0 Å². The van der Waals surface area contributed by atoms with Crippen LogP contribution in [0, 0.1) is 19.9 Å². The van der Waals surface area contributed by atoms with Crippen LogP contribution in [-0.2, 0) is 33.7 Å². The Labute approximate surface area is 407 Å².